The van der Waals surface area contributed by atoms with Gasteiger partial charge in [0.2, 0.25) is 11.8 Å². The third-order valence-electron chi connectivity index (χ3n) is 7.04. The topological polar surface area (TPSA) is 85.4 Å². The lowest BCUT2D eigenvalue weighted by atomic mass is 9.99. The third kappa shape index (κ3) is 5.70. The summed E-state index contributed by atoms with van der Waals surface area (Å²) in [5, 5.41) is 6.23. The van der Waals surface area contributed by atoms with Crippen LogP contribution in [0.5, 0.6) is 5.75 Å². The number of nitrogens with zero attached hydrogens (tertiary/aromatic N) is 4. The monoisotopic (exact) mass is 525 g/mol. The summed E-state index contributed by atoms with van der Waals surface area (Å²) in [6, 6.07) is 16.2. The predicted octanol–water partition coefficient (Wildman–Crippen LogP) is 2.95. The molecule has 2 fully saturated rings. The molecule has 4 amide bonds. The Kier molecular flexibility index (Phi) is 8.60. The van der Waals surface area contributed by atoms with E-state index in [1.807, 2.05) is 72.7 Å². The number of likely N-dealkylation sites (N-methyl/N-ethyl adjacent to an activating group) is 1. The maximum atomic E-state index is 13.7. The smallest absolute Gasteiger partial charge is 0.334 e. The van der Waals surface area contributed by atoms with Gasteiger partial charge in [-0.3, -0.25) is 9.59 Å². The summed E-state index contributed by atoms with van der Waals surface area (Å²) >= 11 is 1.64. The van der Waals surface area contributed by atoms with Crippen LogP contribution in [0.25, 0.3) is 0 Å². The molecule has 2 aliphatic rings. The number of fused-ring (bicyclic) bond motifs is 1. The zero-order chi connectivity index (χ0) is 26.5. The van der Waals surface area contributed by atoms with Crippen molar-refractivity contribution < 1.29 is 19.1 Å². The van der Waals surface area contributed by atoms with Gasteiger partial charge < -0.3 is 19.9 Å². The van der Waals surface area contributed by atoms with Gasteiger partial charge in [0.1, 0.15) is 18.0 Å². The van der Waals surface area contributed by atoms with E-state index in [1.54, 1.807) is 40.8 Å². The van der Waals surface area contributed by atoms with Crippen LogP contribution in [-0.2, 0) is 16.1 Å². The molecule has 0 spiro atoms. The van der Waals surface area contributed by atoms with E-state index < -0.39 is 12.2 Å². The summed E-state index contributed by atoms with van der Waals surface area (Å²) in [4.78, 5) is 44.0. The second-order valence-corrected chi connectivity index (χ2v) is 10.3. The molecule has 0 aliphatic carbocycles. The Bertz CT molecular complexity index is 1100. The van der Waals surface area contributed by atoms with Crippen molar-refractivity contribution >= 4 is 29.6 Å². The van der Waals surface area contributed by atoms with Gasteiger partial charge in [0.25, 0.3) is 0 Å². The van der Waals surface area contributed by atoms with Crippen LogP contribution < -0.4 is 10.1 Å². The highest BCUT2D eigenvalue weighted by atomic mass is 32.2. The predicted molar refractivity (Wildman–Crippen MR) is 144 cm³/mol. The minimum Gasteiger partial charge on any atom is -0.497 e. The van der Waals surface area contributed by atoms with Gasteiger partial charge in [-0.05, 0) is 48.6 Å². The number of amides is 4. The number of thioether (sulfide) groups is 1. The van der Waals surface area contributed by atoms with Crippen LogP contribution in [0.15, 0.2) is 54.6 Å². The molecule has 2 aliphatic heterocycles. The number of rotatable bonds is 8. The summed E-state index contributed by atoms with van der Waals surface area (Å²) in [6.07, 6.45) is 1.92. The number of methoxy groups -OCH3 is 1. The van der Waals surface area contributed by atoms with Gasteiger partial charge in [0.05, 0.1) is 26.2 Å². The third-order valence-corrected chi connectivity index (χ3v) is 7.69. The molecule has 3 atom stereocenters. The Morgan fingerprint density at radius 3 is 2.49 bits per heavy atom. The summed E-state index contributed by atoms with van der Waals surface area (Å²) < 4.78 is 5.21. The molecular weight excluding hydrogens is 490 g/mol. The van der Waals surface area contributed by atoms with Crippen LogP contribution in [0.1, 0.15) is 30.5 Å². The largest absolute Gasteiger partial charge is 0.497 e. The maximum absolute atomic E-state index is 13.7. The van der Waals surface area contributed by atoms with Crippen LogP contribution in [0, 0.1) is 0 Å². The van der Waals surface area contributed by atoms with Crippen molar-refractivity contribution in [2.75, 3.05) is 39.3 Å². The van der Waals surface area contributed by atoms with Crippen molar-refractivity contribution in [3.05, 3.63) is 65.7 Å². The van der Waals surface area contributed by atoms with Crippen molar-refractivity contribution in [2.24, 2.45) is 0 Å². The van der Waals surface area contributed by atoms with E-state index in [0.29, 0.717) is 13.0 Å². The number of hydrogen-bond donors (Lipinski definition) is 1. The van der Waals surface area contributed by atoms with E-state index in [-0.39, 0.29) is 37.0 Å². The first kappa shape index (κ1) is 26.8. The van der Waals surface area contributed by atoms with Crippen molar-refractivity contribution in [3.8, 4) is 5.75 Å². The lowest BCUT2D eigenvalue weighted by molar-refractivity contribution is -0.189. The average molecular weight is 526 g/mol. The van der Waals surface area contributed by atoms with Crippen molar-refractivity contribution in [1.82, 2.24) is 25.1 Å². The zero-order valence-electron chi connectivity index (χ0n) is 21.8. The number of urea groups is 1. The normalized spacial score (nSPS) is 21.0. The Labute approximate surface area is 222 Å². The second kappa shape index (κ2) is 11.9. The molecule has 10 heteroatoms. The van der Waals surface area contributed by atoms with E-state index in [2.05, 4.69) is 5.32 Å². The lowest BCUT2D eigenvalue weighted by Gasteiger charge is -2.55. The van der Waals surface area contributed by atoms with Gasteiger partial charge in [-0.25, -0.2) is 14.8 Å². The average Bonchev–Trinajstić information content (AvgIpc) is 2.91. The van der Waals surface area contributed by atoms with E-state index in [0.717, 1.165) is 22.6 Å². The molecule has 37 heavy (non-hydrogen) atoms. The van der Waals surface area contributed by atoms with Crippen LogP contribution in [0.4, 0.5) is 4.79 Å². The fourth-order valence-corrected chi connectivity index (χ4v) is 5.49. The Morgan fingerprint density at radius 2 is 1.84 bits per heavy atom. The van der Waals surface area contributed by atoms with Crippen LogP contribution in [0.2, 0.25) is 0 Å². The molecular formula is C27H35N5O4S. The number of benzene rings is 2. The molecule has 0 bridgehead atoms. The highest BCUT2D eigenvalue weighted by Gasteiger charge is 2.51. The van der Waals surface area contributed by atoms with E-state index >= 15 is 0 Å². The number of hydrazine groups is 1. The molecule has 0 unspecified atom stereocenters. The molecule has 4 rings (SSSR count). The summed E-state index contributed by atoms with van der Waals surface area (Å²) in [5.41, 5.74) is 1.94. The fraction of sp³-hybridized carbons (Fsp3) is 0.444. The van der Waals surface area contributed by atoms with Gasteiger partial charge in [0, 0.05) is 13.6 Å². The van der Waals surface area contributed by atoms with E-state index in [9.17, 15) is 14.4 Å². The Morgan fingerprint density at radius 1 is 1.14 bits per heavy atom. The molecule has 2 aromatic rings. The van der Waals surface area contributed by atoms with Crippen molar-refractivity contribution in [3.63, 3.8) is 0 Å². The van der Waals surface area contributed by atoms with Gasteiger partial charge in [0.15, 0.2) is 0 Å². The van der Waals surface area contributed by atoms with Gasteiger partial charge >= 0.3 is 6.03 Å². The van der Waals surface area contributed by atoms with Gasteiger partial charge in [-0.1, -0.05) is 42.5 Å². The van der Waals surface area contributed by atoms with Crippen LogP contribution in [0.3, 0.4) is 0 Å². The zero-order valence-corrected chi connectivity index (χ0v) is 22.6. The SMILES string of the molecule is COc1ccc(CNC(=O)N2[C@H]3CN([C@@H](C)c4ccccc4)C(=O)[C@H](CCSC)N3C(=O)CN2C)cc1. The minimum atomic E-state index is -0.615. The minimum absolute atomic E-state index is 0.0315. The quantitative estimate of drug-likeness (QED) is 0.571. The molecule has 2 saturated heterocycles. The standard InChI is InChI=1S/C27H35N5O4S/c1-19(21-8-6-5-7-9-21)30-17-24-31(23(26(30)34)14-15-37-4)25(33)18-29(2)32(24)27(35)28-16-20-10-12-22(36-3)13-11-20/h5-13,19,23-24H,14-18H2,1-4H3,(H,28,35)/t19-,23-,24-/m0/s1. The number of ether oxygens (including phenoxy) is 1. The lowest BCUT2D eigenvalue weighted by Crippen LogP contribution is -2.76. The molecule has 1 N–H and O–H groups in total. The van der Waals surface area contributed by atoms with Crippen LogP contribution in [-0.4, -0.2) is 89.1 Å². The number of carbonyl (C=O) groups excluding carboxylic acids is 3. The summed E-state index contributed by atoms with van der Waals surface area (Å²) in [6.45, 7) is 2.59. The number of nitrogens with one attached hydrogen (secondary N) is 1. The molecule has 2 aromatic carbocycles. The Hall–Kier alpha value is -3.24. The van der Waals surface area contributed by atoms with Crippen molar-refractivity contribution in [2.45, 2.75) is 38.1 Å². The maximum Gasteiger partial charge on any atom is 0.334 e. The van der Waals surface area contributed by atoms with Gasteiger partial charge in [-0.2, -0.15) is 11.8 Å². The molecule has 0 aromatic heterocycles. The number of piperazine rings is 1. The second-order valence-electron chi connectivity index (χ2n) is 9.32. The van der Waals surface area contributed by atoms with Crippen molar-refractivity contribution in [1.29, 1.82) is 0 Å². The molecule has 9 nitrogen and oxygen atoms in total. The van der Waals surface area contributed by atoms with E-state index in [4.69, 9.17) is 4.74 Å². The number of hydrogen-bond acceptors (Lipinski definition) is 6. The first-order chi connectivity index (χ1) is 17.8. The van der Waals surface area contributed by atoms with E-state index in [1.165, 1.54) is 0 Å². The highest BCUT2D eigenvalue weighted by Crippen LogP contribution is 2.32. The summed E-state index contributed by atoms with van der Waals surface area (Å²) in [5.74, 6) is 1.27. The Balaban J connectivity index is 1.60. The number of carbonyl (C=O) groups is 3. The molecule has 198 valence electrons. The first-order valence-corrected chi connectivity index (χ1v) is 13.8. The van der Waals surface area contributed by atoms with Crippen LogP contribution >= 0.6 is 11.8 Å². The molecule has 0 radical (unpaired) electrons. The molecule has 2 heterocycles. The highest BCUT2D eigenvalue weighted by molar-refractivity contribution is 7.98. The molecule has 0 saturated carbocycles. The fourth-order valence-electron chi connectivity index (χ4n) is 5.03. The first-order valence-electron chi connectivity index (χ1n) is 12.4. The van der Waals surface area contributed by atoms with Gasteiger partial charge in [-0.15, -0.1) is 0 Å². The summed E-state index contributed by atoms with van der Waals surface area (Å²) in [7, 11) is 3.35.